The van der Waals surface area contributed by atoms with Crippen molar-refractivity contribution in [2.45, 2.75) is 31.0 Å². The van der Waals surface area contributed by atoms with Crippen molar-refractivity contribution in [2.75, 3.05) is 5.32 Å². The first-order valence-corrected chi connectivity index (χ1v) is 7.36. The van der Waals surface area contributed by atoms with Crippen LogP contribution in [0.5, 0.6) is 0 Å². The van der Waals surface area contributed by atoms with Gasteiger partial charge in [0.1, 0.15) is 5.78 Å². The van der Waals surface area contributed by atoms with Gasteiger partial charge in [-0.3, -0.25) is 14.6 Å². The highest BCUT2D eigenvalue weighted by Crippen LogP contribution is 2.50. The van der Waals surface area contributed by atoms with Crippen LogP contribution in [0, 0.1) is 5.92 Å². The lowest BCUT2D eigenvalue weighted by atomic mass is 9.83. The monoisotopic (exact) mass is 344 g/mol. The van der Waals surface area contributed by atoms with Crippen LogP contribution in [0.25, 0.3) is 0 Å². The van der Waals surface area contributed by atoms with Crippen LogP contribution in [0.3, 0.4) is 0 Å². The molecule has 1 aromatic carbocycles. The summed E-state index contributed by atoms with van der Waals surface area (Å²) in [5.41, 5.74) is -3.15. The van der Waals surface area contributed by atoms with Gasteiger partial charge in [0.2, 0.25) is 0 Å². The summed E-state index contributed by atoms with van der Waals surface area (Å²) in [5, 5.41) is 2.41. The number of hydrogen-bond acceptors (Lipinski definition) is 3. The third kappa shape index (κ3) is 2.85. The summed E-state index contributed by atoms with van der Waals surface area (Å²) >= 11 is 5.84. The van der Waals surface area contributed by atoms with Crippen molar-refractivity contribution in [3.8, 4) is 0 Å². The second-order valence-corrected chi connectivity index (χ2v) is 6.15. The van der Waals surface area contributed by atoms with Crippen LogP contribution in [0.15, 0.2) is 23.2 Å². The topological polar surface area (TPSA) is 58.5 Å². The van der Waals surface area contributed by atoms with Crippen LogP contribution in [0.1, 0.15) is 24.8 Å². The molecular formula is C15H12ClF3N2O2. The zero-order chi connectivity index (χ0) is 16.8. The van der Waals surface area contributed by atoms with Crippen molar-refractivity contribution < 1.29 is 22.8 Å². The van der Waals surface area contributed by atoms with E-state index in [2.05, 4.69) is 10.3 Å². The largest absolute Gasteiger partial charge is 0.418 e. The maximum Gasteiger partial charge on any atom is 0.418 e. The Balaban J connectivity index is 2.20. The van der Waals surface area contributed by atoms with E-state index in [1.54, 1.807) is 0 Å². The Kier molecular flexibility index (Phi) is 3.71. The number of alkyl halides is 3. The van der Waals surface area contributed by atoms with Crippen molar-refractivity contribution in [1.82, 2.24) is 0 Å². The van der Waals surface area contributed by atoms with Gasteiger partial charge in [0.05, 0.1) is 6.21 Å². The number of halogens is 4. The standard InChI is InChI=1S/C15H12ClF3N2O2/c16-9-3-4-11-10(5-9)14(15(17,18)19,20-7-13(23)21-11)6-12(22)8-1-2-8/h3-5,7-8H,1-2,6H2,(H,21,23). The molecule has 8 heteroatoms. The summed E-state index contributed by atoms with van der Waals surface area (Å²) in [5.74, 6) is -1.63. The summed E-state index contributed by atoms with van der Waals surface area (Å²) in [6, 6.07) is 3.76. The molecule has 0 spiro atoms. The Labute approximate surface area is 134 Å². The number of anilines is 1. The predicted octanol–water partition coefficient (Wildman–Crippen LogP) is 3.49. The van der Waals surface area contributed by atoms with E-state index in [4.69, 9.17) is 11.6 Å². The minimum absolute atomic E-state index is 0.0437. The van der Waals surface area contributed by atoms with Crippen LogP contribution in [0.4, 0.5) is 18.9 Å². The highest BCUT2D eigenvalue weighted by atomic mass is 35.5. The number of fused-ring (bicyclic) bond motifs is 1. The summed E-state index contributed by atoms with van der Waals surface area (Å²) in [6.07, 6.45) is -3.91. The molecule has 23 heavy (non-hydrogen) atoms. The van der Waals surface area contributed by atoms with Crippen molar-refractivity contribution >= 4 is 35.2 Å². The predicted molar refractivity (Wildman–Crippen MR) is 78.7 cm³/mol. The lowest BCUT2D eigenvalue weighted by molar-refractivity contribution is -0.191. The number of nitrogens with one attached hydrogen (secondary N) is 1. The smallest absolute Gasteiger partial charge is 0.321 e. The van der Waals surface area contributed by atoms with E-state index < -0.39 is 29.8 Å². The number of Topliss-reactive ketones (excluding diaryl/α,β-unsaturated/α-hetero) is 1. The van der Waals surface area contributed by atoms with Crippen LogP contribution in [0.2, 0.25) is 5.02 Å². The number of nitrogens with zero attached hydrogens (tertiary/aromatic N) is 1. The Morgan fingerprint density at radius 1 is 1.39 bits per heavy atom. The van der Waals surface area contributed by atoms with E-state index >= 15 is 0 Å². The molecule has 0 radical (unpaired) electrons. The quantitative estimate of drug-likeness (QED) is 0.912. The summed E-state index contributed by atoms with van der Waals surface area (Å²) in [7, 11) is 0. The molecule has 3 rings (SSSR count). The number of amides is 1. The fourth-order valence-corrected chi connectivity index (χ4v) is 2.81. The molecule has 0 saturated heterocycles. The van der Waals surface area contributed by atoms with Crippen LogP contribution in [-0.4, -0.2) is 24.1 Å². The molecule has 0 aromatic heterocycles. The normalized spacial score (nSPS) is 23.9. The number of aliphatic imine (C=N–C) groups is 1. The van der Waals surface area contributed by atoms with E-state index in [1.807, 2.05) is 0 Å². The fourth-order valence-electron chi connectivity index (χ4n) is 2.64. The minimum Gasteiger partial charge on any atom is -0.321 e. The molecular weight excluding hydrogens is 333 g/mol. The molecule has 1 amide bonds. The van der Waals surface area contributed by atoms with Crippen LogP contribution >= 0.6 is 11.6 Å². The number of hydrogen-bond donors (Lipinski definition) is 1. The Bertz CT molecular complexity index is 713. The van der Waals surface area contributed by atoms with Gasteiger partial charge in [0.15, 0.2) is 5.54 Å². The second-order valence-electron chi connectivity index (χ2n) is 5.71. The van der Waals surface area contributed by atoms with Gasteiger partial charge in [-0.05, 0) is 31.0 Å². The molecule has 1 fully saturated rings. The van der Waals surface area contributed by atoms with Crippen molar-refractivity contribution in [1.29, 1.82) is 0 Å². The first-order chi connectivity index (χ1) is 10.7. The van der Waals surface area contributed by atoms with E-state index in [9.17, 15) is 22.8 Å². The molecule has 1 N–H and O–H groups in total. The van der Waals surface area contributed by atoms with Crippen molar-refractivity contribution in [2.24, 2.45) is 10.9 Å². The van der Waals surface area contributed by atoms with E-state index in [0.717, 1.165) is 6.07 Å². The van der Waals surface area contributed by atoms with Crippen LogP contribution in [-0.2, 0) is 15.1 Å². The van der Waals surface area contributed by atoms with E-state index in [1.165, 1.54) is 12.1 Å². The van der Waals surface area contributed by atoms with Gasteiger partial charge in [-0.2, -0.15) is 13.2 Å². The van der Waals surface area contributed by atoms with Crippen molar-refractivity contribution in [3.05, 3.63) is 28.8 Å². The average Bonchev–Trinajstić information content (AvgIpc) is 3.28. The highest BCUT2D eigenvalue weighted by molar-refractivity contribution is 6.33. The second kappa shape index (κ2) is 5.33. The Hall–Kier alpha value is -1.89. The molecule has 4 nitrogen and oxygen atoms in total. The minimum atomic E-state index is -4.85. The number of carbonyl (C=O) groups is 2. The third-order valence-corrected chi connectivity index (χ3v) is 4.25. The lowest BCUT2D eigenvalue weighted by Gasteiger charge is -2.32. The fraction of sp³-hybridized carbons (Fsp3) is 0.400. The molecule has 1 saturated carbocycles. The summed E-state index contributed by atoms with van der Waals surface area (Å²) < 4.78 is 41.7. The lowest BCUT2D eigenvalue weighted by Crippen LogP contribution is -2.43. The molecule has 2 aliphatic rings. The number of carbonyl (C=O) groups excluding carboxylic acids is 2. The molecule has 0 bridgehead atoms. The van der Waals surface area contributed by atoms with Crippen molar-refractivity contribution in [3.63, 3.8) is 0 Å². The molecule has 1 aromatic rings. The Morgan fingerprint density at radius 3 is 2.70 bits per heavy atom. The van der Waals surface area contributed by atoms with Gasteiger partial charge in [0, 0.05) is 28.6 Å². The number of rotatable bonds is 3. The van der Waals surface area contributed by atoms with E-state index in [-0.39, 0.29) is 22.2 Å². The molecule has 1 unspecified atom stereocenters. The maximum absolute atomic E-state index is 13.9. The highest BCUT2D eigenvalue weighted by Gasteiger charge is 2.59. The third-order valence-electron chi connectivity index (χ3n) is 4.02. The zero-order valence-electron chi connectivity index (χ0n) is 11.8. The first-order valence-electron chi connectivity index (χ1n) is 6.98. The molecule has 1 aliphatic heterocycles. The van der Waals surface area contributed by atoms with Crippen LogP contribution < -0.4 is 5.32 Å². The number of benzene rings is 1. The summed E-state index contributed by atoms with van der Waals surface area (Å²) in [6.45, 7) is 0. The van der Waals surface area contributed by atoms with Gasteiger partial charge < -0.3 is 5.32 Å². The molecule has 1 atom stereocenters. The first kappa shape index (κ1) is 16.0. The van der Waals surface area contributed by atoms with Gasteiger partial charge in [-0.25, -0.2) is 0 Å². The Morgan fingerprint density at radius 2 is 2.09 bits per heavy atom. The van der Waals surface area contributed by atoms with E-state index in [0.29, 0.717) is 19.1 Å². The molecule has 122 valence electrons. The molecule has 1 heterocycles. The van der Waals surface area contributed by atoms with Gasteiger partial charge in [-0.15, -0.1) is 0 Å². The van der Waals surface area contributed by atoms with Gasteiger partial charge in [-0.1, -0.05) is 11.6 Å². The summed E-state index contributed by atoms with van der Waals surface area (Å²) in [4.78, 5) is 27.2. The SMILES string of the molecule is O=C1C=NC(CC(=O)C2CC2)(C(F)(F)F)c2cc(Cl)ccc2N1. The zero-order valence-corrected chi connectivity index (χ0v) is 12.5. The van der Waals surface area contributed by atoms with Gasteiger partial charge in [0.25, 0.3) is 5.91 Å². The number of ketones is 1. The van der Waals surface area contributed by atoms with Gasteiger partial charge >= 0.3 is 6.18 Å². The molecule has 1 aliphatic carbocycles. The average molecular weight is 345 g/mol. The maximum atomic E-state index is 13.9.